The van der Waals surface area contributed by atoms with Crippen LogP contribution in [0, 0.1) is 0 Å². The Kier molecular flexibility index (Phi) is 5.44. The van der Waals surface area contributed by atoms with Gasteiger partial charge < -0.3 is 9.64 Å². The molecule has 5 nitrogen and oxygen atoms in total. The standard InChI is InChI=1S/C18H16Br2N2O3/c1-25-18(24)21-17(23)10-22-15-6-4-13(19)8-11(15)2-3-12-9-14(20)5-7-16(12)22/h4-9H,2-3,10H2,1H3,(H,21,23,24). The molecule has 0 atom stereocenters. The molecule has 0 radical (unpaired) electrons. The van der Waals surface area contributed by atoms with Crippen molar-refractivity contribution in [2.45, 2.75) is 12.8 Å². The predicted molar refractivity (Wildman–Crippen MR) is 103 cm³/mol. The minimum absolute atomic E-state index is 0.0262. The number of nitrogens with zero attached hydrogens (tertiary/aromatic N) is 1. The second-order valence-corrected chi connectivity index (χ2v) is 7.50. The largest absolute Gasteiger partial charge is 0.453 e. The van der Waals surface area contributed by atoms with E-state index < -0.39 is 12.0 Å². The maximum Gasteiger partial charge on any atom is 0.413 e. The van der Waals surface area contributed by atoms with E-state index in [1.807, 2.05) is 29.2 Å². The van der Waals surface area contributed by atoms with Gasteiger partial charge in [-0.25, -0.2) is 4.79 Å². The van der Waals surface area contributed by atoms with Gasteiger partial charge >= 0.3 is 6.09 Å². The number of amides is 2. The van der Waals surface area contributed by atoms with Gasteiger partial charge in [0.15, 0.2) is 0 Å². The summed E-state index contributed by atoms with van der Waals surface area (Å²) in [5, 5.41) is 2.22. The molecular formula is C18H16Br2N2O3. The second kappa shape index (κ2) is 7.58. The average Bonchev–Trinajstić information content (AvgIpc) is 2.71. The first kappa shape index (κ1) is 17.9. The summed E-state index contributed by atoms with van der Waals surface area (Å²) in [6.07, 6.45) is 0.979. The molecule has 1 aliphatic rings. The van der Waals surface area contributed by atoms with Crippen LogP contribution >= 0.6 is 31.9 Å². The van der Waals surface area contributed by atoms with Gasteiger partial charge in [-0.3, -0.25) is 10.1 Å². The van der Waals surface area contributed by atoms with Crippen LogP contribution in [0.5, 0.6) is 0 Å². The second-order valence-electron chi connectivity index (χ2n) is 5.67. The van der Waals surface area contributed by atoms with Gasteiger partial charge in [-0.1, -0.05) is 31.9 Å². The van der Waals surface area contributed by atoms with Crippen LogP contribution in [-0.2, 0) is 22.4 Å². The van der Waals surface area contributed by atoms with Crippen molar-refractivity contribution in [3.63, 3.8) is 0 Å². The molecule has 25 heavy (non-hydrogen) atoms. The van der Waals surface area contributed by atoms with Crippen molar-refractivity contribution in [3.05, 3.63) is 56.5 Å². The van der Waals surface area contributed by atoms with Crippen LogP contribution < -0.4 is 10.2 Å². The zero-order chi connectivity index (χ0) is 18.0. The highest BCUT2D eigenvalue weighted by Gasteiger charge is 2.23. The summed E-state index contributed by atoms with van der Waals surface area (Å²) >= 11 is 7.02. The van der Waals surface area contributed by atoms with E-state index in [-0.39, 0.29) is 6.54 Å². The quantitative estimate of drug-likeness (QED) is 0.714. The Bertz CT molecular complexity index is 786. The first-order valence-electron chi connectivity index (χ1n) is 7.70. The number of carbonyl (C=O) groups excluding carboxylic acids is 2. The Labute approximate surface area is 162 Å². The maximum atomic E-state index is 12.3. The summed E-state index contributed by atoms with van der Waals surface area (Å²) in [6, 6.07) is 12.0. The summed E-state index contributed by atoms with van der Waals surface area (Å²) in [4.78, 5) is 25.5. The summed E-state index contributed by atoms with van der Waals surface area (Å²) in [5.41, 5.74) is 4.22. The van der Waals surface area contributed by atoms with Gasteiger partial charge in [-0.2, -0.15) is 0 Å². The number of alkyl carbamates (subject to hydrolysis) is 1. The van der Waals surface area contributed by atoms with Crippen LogP contribution in [0.1, 0.15) is 11.1 Å². The van der Waals surface area contributed by atoms with Gasteiger partial charge in [-0.15, -0.1) is 0 Å². The molecule has 0 aliphatic carbocycles. The monoisotopic (exact) mass is 466 g/mol. The van der Waals surface area contributed by atoms with Gasteiger partial charge in [-0.05, 0) is 60.4 Å². The molecule has 2 aromatic rings. The number of ether oxygens (including phenoxy) is 1. The number of nitrogens with one attached hydrogen (secondary N) is 1. The Hall–Kier alpha value is -1.86. The first-order valence-corrected chi connectivity index (χ1v) is 9.28. The van der Waals surface area contributed by atoms with Gasteiger partial charge in [0.05, 0.1) is 7.11 Å². The van der Waals surface area contributed by atoms with Crippen LogP contribution in [0.4, 0.5) is 16.2 Å². The summed E-state index contributed by atoms with van der Waals surface area (Å²) < 4.78 is 6.50. The Balaban J connectivity index is 2.02. The summed E-state index contributed by atoms with van der Waals surface area (Å²) in [5.74, 6) is -0.420. The van der Waals surface area contributed by atoms with Crippen molar-refractivity contribution in [2.24, 2.45) is 0 Å². The van der Waals surface area contributed by atoms with Crippen molar-refractivity contribution < 1.29 is 14.3 Å². The fourth-order valence-electron chi connectivity index (χ4n) is 2.95. The molecule has 0 saturated carbocycles. The average molecular weight is 468 g/mol. The SMILES string of the molecule is COC(=O)NC(=O)CN1c2ccc(Br)cc2CCc2cc(Br)ccc21. The number of benzene rings is 2. The molecule has 0 aromatic heterocycles. The number of halogens is 2. The lowest BCUT2D eigenvalue weighted by Crippen LogP contribution is -2.38. The van der Waals surface area contributed by atoms with Crippen LogP contribution in [0.15, 0.2) is 45.3 Å². The number of anilines is 2. The number of fused-ring (bicyclic) bond motifs is 2. The Morgan fingerprint density at radius 3 is 2.04 bits per heavy atom. The molecule has 0 fully saturated rings. The van der Waals surface area contributed by atoms with Gasteiger partial charge in [0, 0.05) is 20.3 Å². The van der Waals surface area contributed by atoms with Gasteiger partial charge in [0.1, 0.15) is 6.54 Å². The highest BCUT2D eigenvalue weighted by molar-refractivity contribution is 9.10. The molecule has 2 aromatic carbocycles. The number of aryl methyl sites for hydroxylation is 2. The number of hydrogen-bond acceptors (Lipinski definition) is 4. The van der Waals surface area contributed by atoms with Crippen molar-refractivity contribution in [1.82, 2.24) is 5.32 Å². The van der Waals surface area contributed by atoms with E-state index in [0.717, 1.165) is 44.3 Å². The van der Waals surface area contributed by atoms with Crippen LogP contribution in [0.3, 0.4) is 0 Å². The lowest BCUT2D eigenvalue weighted by molar-refractivity contribution is -0.119. The summed E-state index contributed by atoms with van der Waals surface area (Å²) in [7, 11) is 1.23. The lowest BCUT2D eigenvalue weighted by Gasteiger charge is -2.26. The minimum atomic E-state index is -0.758. The highest BCUT2D eigenvalue weighted by Crippen LogP contribution is 2.38. The highest BCUT2D eigenvalue weighted by atomic mass is 79.9. The van der Waals surface area contributed by atoms with E-state index >= 15 is 0 Å². The molecule has 7 heteroatoms. The van der Waals surface area contributed by atoms with E-state index in [0.29, 0.717) is 0 Å². The van der Waals surface area contributed by atoms with E-state index in [9.17, 15) is 9.59 Å². The van der Waals surface area contributed by atoms with Gasteiger partial charge in [0.2, 0.25) is 5.91 Å². The van der Waals surface area contributed by atoms with Crippen molar-refractivity contribution in [2.75, 3.05) is 18.6 Å². The Morgan fingerprint density at radius 1 is 1.04 bits per heavy atom. The normalized spacial score (nSPS) is 12.7. The van der Waals surface area contributed by atoms with Gasteiger partial charge in [0.25, 0.3) is 0 Å². The molecule has 1 heterocycles. The van der Waals surface area contributed by atoms with Crippen LogP contribution in [0.2, 0.25) is 0 Å². The zero-order valence-electron chi connectivity index (χ0n) is 13.5. The molecule has 0 unspecified atom stereocenters. The minimum Gasteiger partial charge on any atom is -0.453 e. The molecular weight excluding hydrogens is 452 g/mol. The number of methoxy groups -OCH3 is 1. The number of rotatable bonds is 2. The fourth-order valence-corrected chi connectivity index (χ4v) is 3.77. The smallest absolute Gasteiger partial charge is 0.413 e. The molecule has 0 saturated heterocycles. The summed E-state index contributed by atoms with van der Waals surface area (Å²) in [6.45, 7) is 0.0262. The number of hydrogen-bond donors (Lipinski definition) is 1. The number of carbonyl (C=O) groups is 2. The van der Waals surface area contributed by atoms with Crippen molar-refractivity contribution in [1.29, 1.82) is 0 Å². The van der Waals surface area contributed by atoms with E-state index in [2.05, 4.69) is 54.0 Å². The predicted octanol–water partition coefficient (Wildman–Crippen LogP) is 4.33. The van der Waals surface area contributed by atoms with Crippen LogP contribution in [-0.4, -0.2) is 25.7 Å². The van der Waals surface area contributed by atoms with E-state index in [4.69, 9.17) is 0 Å². The fraction of sp³-hybridized carbons (Fsp3) is 0.222. The zero-order valence-corrected chi connectivity index (χ0v) is 16.7. The third-order valence-corrected chi connectivity index (χ3v) is 5.04. The molecule has 130 valence electrons. The first-order chi connectivity index (χ1) is 12.0. The van der Waals surface area contributed by atoms with Crippen molar-refractivity contribution >= 4 is 55.2 Å². The van der Waals surface area contributed by atoms with Crippen molar-refractivity contribution in [3.8, 4) is 0 Å². The maximum absolute atomic E-state index is 12.3. The molecule has 2 amide bonds. The lowest BCUT2D eigenvalue weighted by atomic mass is 10.0. The molecule has 3 rings (SSSR count). The van der Waals surface area contributed by atoms with E-state index in [1.54, 1.807) is 0 Å². The number of imide groups is 1. The third kappa shape index (κ3) is 4.04. The molecule has 0 bridgehead atoms. The topological polar surface area (TPSA) is 58.6 Å². The molecule has 1 aliphatic heterocycles. The molecule has 0 spiro atoms. The third-order valence-electron chi connectivity index (χ3n) is 4.06. The van der Waals surface area contributed by atoms with E-state index in [1.165, 1.54) is 7.11 Å². The Morgan fingerprint density at radius 2 is 1.56 bits per heavy atom. The van der Waals surface area contributed by atoms with Crippen LogP contribution in [0.25, 0.3) is 0 Å². The molecule has 1 N–H and O–H groups in total.